The zero-order valence-corrected chi connectivity index (χ0v) is 15.8. The van der Waals surface area contributed by atoms with Gasteiger partial charge in [-0.15, -0.1) is 11.3 Å². The largest absolute Gasteiger partial charge is 0.490 e. The van der Waals surface area contributed by atoms with Gasteiger partial charge in [0, 0.05) is 0 Å². The van der Waals surface area contributed by atoms with Gasteiger partial charge in [-0.2, -0.15) is 0 Å². The molecule has 0 saturated heterocycles. The van der Waals surface area contributed by atoms with Crippen molar-refractivity contribution in [1.82, 2.24) is 5.32 Å². The second-order valence-electron chi connectivity index (χ2n) is 4.87. The van der Waals surface area contributed by atoms with E-state index in [0.29, 0.717) is 23.8 Å². The molecule has 0 fully saturated rings. The van der Waals surface area contributed by atoms with Crippen LogP contribution in [0.2, 0.25) is 0 Å². The van der Waals surface area contributed by atoms with E-state index in [0.717, 1.165) is 15.1 Å². The van der Waals surface area contributed by atoms with Crippen molar-refractivity contribution in [3.8, 4) is 11.5 Å². The molecule has 1 amide bonds. The van der Waals surface area contributed by atoms with E-state index in [9.17, 15) is 4.79 Å². The minimum Gasteiger partial charge on any atom is -0.490 e. The zero-order valence-electron chi connectivity index (χ0n) is 13.4. The smallest absolute Gasteiger partial charge is 0.261 e. The molecule has 6 heteroatoms. The maximum absolute atomic E-state index is 12.2. The van der Waals surface area contributed by atoms with Gasteiger partial charge in [-0.3, -0.25) is 4.79 Å². The number of halogens is 1. The summed E-state index contributed by atoms with van der Waals surface area (Å²) < 4.78 is 12.1. The molecule has 0 aliphatic carbocycles. The highest BCUT2D eigenvalue weighted by Gasteiger charge is 2.15. The fourth-order valence-corrected chi connectivity index (χ4v) is 3.41. The van der Waals surface area contributed by atoms with Crippen LogP contribution in [-0.4, -0.2) is 19.1 Å². The van der Waals surface area contributed by atoms with Crippen LogP contribution in [0.1, 0.15) is 42.0 Å². The van der Waals surface area contributed by atoms with Crippen molar-refractivity contribution >= 4 is 33.2 Å². The Labute approximate surface area is 148 Å². The highest BCUT2D eigenvalue weighted by Crippen LogP contribution is 2.31. The lowest BCUT2D eigenvalue weighted by molar-refractivity contribution is 0.0944. The van der Waals surface area contributed by atoms with E-state index >= 15 is 0 Å². The average Bonchev–Trinajstić information content (AvgIpc) is 2.96. The third kappa shape index (κ3) is 4.72. The van der Waals surface area contributed by atoms with Gasteiger partial charge in [0.05, 0.1) is 27.9 Å². The quantitative estimate of drug-likeness (QED) is 0.729. The number of thiophene rings is 1. The molecule has 1 N–H and O–H groups in total. The summed E-state index contributed by atoms with van der Waals surface area (Å²) in [4.78, 5) is 12.9. The SMILES string of the molecule is CCOc1ccc(C(C)NC(=O)c2ccc(Br)s2)cc1OCC. The fraction of sp³-hybridized carbons (Fsp3) is 0.353. The molecule has 1 aromatic heterocycles. The Morgan fingerprint density at radius 2 is 1.87 bits per heavy atom. The molecule has 1 aromatic carbocycles. The second-order valence-corrected chi connectivity index (χ2v) is 7.33. The number of ether oxygens (including phenoxy) is 2. The van der Waals surface area contributed by atoms with Crippen LogP contribution in [0, 0.1) is 0 Å². The summed E-state index contributed by atoms with van der Waals surface area (Å²) in [5.74, 6) is 1.34. The molecule has 0 aliphatic heterocycles. The van der Waals surface area contributed by atoms with Crippen LogP contribution in [0.15, 0.2) is 34.1 Å². The zero-order chi connectivity index (χ0) is 16.8. The monoisotopic (exact) mass is 397 g/mol. The third-order valence-corrected chi connectivity index (χ3v) is 4.83. The predicted octanol–water partition coefficient (Wildman–Crippen LogP) is 4.80. The van der Waals surface area contributed by atoms with Gasteiger partial charge >= 0.3 is 0 Å². The molecule has 1 unspecified atom stereocenters. The minimum absolute atomic E-state index is 0.0833. The Bertz CT molecular complexity index is 672. The minimum atomic E-state index is -0.127. The predicted molar refractivity (Wildman–Crippen MR) is 96.7 cm³/mol. The topological polar surface area (TPSA) is 47.6 Å². The molecule has 124 valence electrons. The van der Waals surface area contributed by atoms with Crippen LogP contribution in [0.5, 0.6) is 11.5 Å². The van der Waals surface area contributed by atoms with Gasteiger partial charge < -0.3 is 14.8 Å². The van der Waals surface area contributed by atoms with Crippen LogP contribution >= 0.6 is 27.3 Å². The van der Waals surface area contributed by atoms with Crippen molar-refractivity contribution in [2.45, 2.75) is 26.8 Å². The Morgan fingerprint density at radius 3 is 2.48 bits per heavy atom. The molecule has 0 bridgehead atoms. The van der Waals surface area contributed by atoms with Crippen LogP contribution < -0.4 is 14.8 Å². The maximum atomic E-state index is 12.2. The molecule has 0 aliphatic rings. The molecule has 2 aromatic rings. The number of benzene rings is 1. The summed E-state index contributed by atoms with van der Waals surface area (Å²) in [6.07, 6.45) is 0. The Morgan fingerprint density at radius 1 is 1.17 bits per heavy atom. The first-order valence-electron chi connectivity index (χ1n) is 7.50. The summed E-state index contributed by atoms with van der Waals surface area (Å²) in [6.45, 7) is 6.96. The van der Waals surface area contributed by atoms with Gasteiger partial charge in [0.15, 0.2) is 11.5 Å². The number of nitrogens with one attached hydrogen (secondary N) is 1. The first-order chi connectivity index (χ1) is 11.0. The lowest BCUT2D eigenvalue weighted by Crippen LogP contribution is -2.25. The molecule has 0 spiro atoms. The first kappa shape index (κ1) is 17.8. The van der Waals surface area contributed by atoms with Crippen molar-refractivity contribution < 1.29 is 14.3 Å². The molecular weight excluding hydrogens is 378 g/mol. The highest BCUT2D eigenvalue weighted by molar-refractivity contribution is 9.11. The molecule has 1 atom stereocenters. The second kappa shape index (κ2) is 8.36. The fourth-order valence-electron chi connectivity index (χ4n) is 2.12. The first-order valence-corrected chi connectivity index (χ1v) is 9.11. The Balaban J connectivity index is 2.13. The van der Waals surface area contributed by atoms with Crippen molar-refractivity contribution in [3.63, 3.8) is 0 Å². The molecule has 2 rings (SSSR count). The summed E-state index contributed by atoms with van der Waals surface area (Å²) >= 11 is 4.78. The van der Waals surface area contributed by atoms with Crippen LogP contribution in [0.25, 0.3) is 0 Å². The summed E-state index contributed by atoms with van der Waals surface area (Å²) in [5, 5.41) is 3.00. The van der Waals surface area contributed by atoms with Crippen molar-refractivity contribution in [2.24, 2.45) is 0 Å². The summed E-state index contributed by atoms with van der Waals surface area (Å²) in [6, 6.07) is 9.30. The Kier molecular flexibility index (Phi) is 6.47. The lowest BCUT2D eigenvalue weighted by atomic mass is 10.1. The van der Waals surface area contributed by atoms with Crippen molar-refractivity contribution in [1.29, 1.82) is 0 Å². The maximum Gasteiger partial charge on any atom is 0.261 e. The van der Waals surface area contributed by atoms with E-state index in [1.54, 1.807) is 6.07 Å². The van der Waals surface area contributed by atoms with Crippen LogP contribution in [-0.2, 0) is 0 Å². The average molecular weight is 398 g/mol. The van der Waals surface area contributed by atoms with Crippen molar-refractivity contribution in [2.75, 3.05) is 13.2 Å². The molecule has 0 saturated carbocycles. The van der Waals surface area contributed by atoms with E-state index < -0.39 is 0 Å². The molecule has 4 nitrogen and oxygen atoms in total. The highest BCUT2D eigenvalue weighted by atomic mass is 79.9. The van der Waals surface area contributed by atoms with Gasteiger partial charge in [-0.05, 0) is 66.5 Å². The van der Waals surface area contributed by atoms with Gasteiger partial charge in [0.25, 0.3) is 5.91 Å². The Hall–Kier alpha value is -1.53. The number of carbonyl (C=O) groups excluding carboxylic acids is 1. The number of hydrogen-bond acceptors (Lipinski definition) is 4. The third-order valence-electron chi connectivity index (χ3n) is 3.21. The van der Waals surface area contributed by atoms with E-state index in [-0.39, 0.29) is 11.9 Å². The van der Waals surface area contributed by atoms with E-state index in [2.05, 4.69) is 21.2 Å². The van der Waals surface area contributed by atoms with Crippen molar-refractivity contribution in [3.05, 3.63) is 44.6 Å². The summed E-state index contributed by atoms with van der Waals surface area (Å²) in [7, 11) is 0. The van der Waals surface area contributed by atoms with Crippen LogP contribution in [0.3, 0.4) is 0 Å². The molecule has 23 heavy (non-hydrogen) atoms. The number of rotatable bonds is 7. The lowest BCUT2D eigenvalue weighted by Gasteiger charge is -2.17. The van der Waals surface area contributed by atoms with E-state index in [1.165, 1.54) is 11.3 Å². The van der Waals surface area contributed by atoms with Gasteiger partial charge in [-0.25, -0.2) is 0 Å². The molecule has 0 radical (unpaired) electrons. The number of amides is 1. The van der Waals surface area contributed by atoms with Crippen LogP contribution in [0.4, 0.5) is 0 Å². The molecular formula is C17H20BrNO3S. The van der Waals surface area contributed by atoms with Gasteiger partial charge in [-0.1, -0.05) is 6.07 Å². The standard InChI is InChI=1S/C17H20BrNO3S/c1-4-21-13-7-6-12(10-14(13)22-5-2)11(3)19-17(20)15-8-9-16(18)23-15/h6-11H,4-5H2,1-3H3,(H,19,20). The normalized spacial score (nSPS) is 11.8. The number of carbonyl (C=O) groups is 1. The number of hydrogen-bond donors (Lipinski definition) is 1. The van der Waals surface area contributed by atoms with E-state index in [1.807, 2.05) is 45.0 Å². The summed E-state index contributed by atoms with van der Waals surface area (Å²) in [5.41, 5.74) is 0.973. The van der Waals surface area contributed by atoms with E-state index in [4.69, 9.17) is 9.47 Å². The van der Waals surface area contributed by atoms with Gasteiger partial charge in [0.1, 0.15) is 0 Å². The van der Waals surface area contributed by atoms with Gasteiger partial charge in [0.2, 0.25) is 0 Å². The molecule has 1 heterocycles.